The summed E-state index contributed by atoms with van der Waals surface area (Å²) in [6, 6.07) is 1.04. The van der Waals surface area contributed by atoms with Crippen LogP contribution in [0.1, 0.15) is 20.8 Å². The van der Waals surface area contributed by atoms with Crippen LogP contribution in [0.25, 0.3) is 0 Å². The lowest BCUT2D eigenvalue weighted by molar-refractivity contribution is -0.383. The quantitative estimate of drug-likeness (QED) is 0.575. The Morgan fingerprint density at radius 3 is 2.52 bits per heavy atom. The van der Waals surface area contributed by atoms with E-state index >= 15 is 0 Å². The first-order valence-corrected chi connectivity index (χ1v) is 8.45. The van der Waals surface area contributed by atoms with E-state index in [1.54, 1.807) is 6.92 Å². The van der Waals surface area contributed by atoms with E-state index < -0.39 is 20.5 Å². The standard InChI is InChI=1S/C11H19N3O5S2/c1-5-12-10-8(14(16)17)6-9(20-10)21(18,19)13(4)7-11(2,3)15/h6,12,15H,5,7H2,1-4H3. The second kappa shape index (κ2) is 6.26. The zero-order valence-electron chi connectivity index (χ0n) is 12.3. The van der Waals surface area contributed by atoms with Gasteiger partial charge in [-0.1, -0.05) is 11.3 Å². The number of anilines is 1. The van der Waals surface area contributed by atoms with Gasteiger partial charge in [0.1, 0.15) is 4.21 Å². The Kier molecular flexibility index (Phi) is 5.31. The molecule has 1 aromatic heterocycles. The van der Waals surface area contributed by atoms with Crippen LogP contribution >= 0.6 is 11.3 Å². The van der Waals surface area contributed by atoms with Crippen molar-refractivity contribution >= 4 is 32.0 Å². The van der Waals surface area contributed by atoms with Crippen molar-refractivity contribution in [3.8, 4) is 0 Å². The number of rotatable bonds is 7. The van der Waals surface area contributed by atoms with Crippen molar-refractivity contribution in [1.29, 1.82) is 0 Å². The van der Waals surface area contributed by atoms with Gasteiger partial charge < -0.3 is 10.4 Å². The number of sulfonamides is 1. The minimum Gasteiger partial charge on any atom is -0.389 e. The molecule has 8 nitrogen and oxygen atoms in total. The van der Waals surface area contributed by atoms with Crippen LogP contribution in [0.5, 0.6) is 0 Å². The second-order valence-corrected chi connectivity index (χ2v) is 8.46. The zero-order valence-corrected chi connectivity index (χ0v) is 13.9. The van der Waals surface area contributed by atoms with Crippen LogP contribution in [-0.2, 0) is 10.0 Å². The molecule has 1 aromatic rings. The van der Waals surface area contributed by atoms with Gasteiger partial charge >= 0.3 is 5.69 Å². The van der Waals surface area contributed by atoms with E-state index in [1.165, 1.54) is 20.9 Å². The maximum atomic E-state index is 12.4. The Labute approximate surface area is 127 Å². The predicted octanol–water partition coefficient (Wildman–Crippen LogP) is 1.48. The molecule has 0 radical (unpaired) electrons. The molecule has 0 aliphatic carbocycles. The van der Waals surface area contributed by atoms with Gasteiger partial charge in [0, 0.05) is 26.2 Å². The molecule has 0 unspecified atom stereocenters. The van der Waals surface area contributed by atoms with Gasteiger partial charge in [-0.3, -0.25) is 10.1 Å². The molecule has 1 heterocycles. The van der Waals surface area contributed by atoms with Gasteiger partial charge in [-0.15, -0.1) is 0 Å². The molecule has 0 amide bonds. The summed E-state index contributed by atoms with van der Waals surface area (Å²) in [7, 11) is -2.55. The number of nitrogens with zero attached hydrogens (tertiary/aromatic N) is 2. The summed E-state index contributed by atoms with van der Waals surface area (Å²) in [4.78, 5) is 10.3. The summed E-state index contributed by atoms with van der Waals surface area (Å²) in [5, 5.41) is 23.7. The van der Waals surface area contributed by atoms with E-state index in [2.05, 4.69) is 5.32 Å². The highest BCUT2D eigenvalue weighted by Crippen LogP contribution is 2.38. The van der Waals surface area contributed by atoms with Crippen LogP contribution in [0.15, 0.2) is 10.3 Å². The number of hydrogen-bond donors (Lipinski definition) is 2. The third-order valence-corrected chi connectivity index (χ3v) is 5.83. The topological polar surface area (TPSA) is 113 Å². The van der Waals surface area contributed by atoms with Crippen molar-refractivity contribution < 1.29 is 18.4 Å². The highest BCUT2D eigenvalue weighted by Gasteiger charge is 2.31. The molecule has 0 fully saturated rings. The number of likely N-dealkylation sites (N-methyl/N-ethyl adjacent to an activating group) is 1. The van der Waals surface area contributed by atoms with E-state index in [-0.39, 0.29) is 21.4 Å². The smallest absolute Gasteiger partial charge is 0.304 e. The van der Waals surface area contributed by atoms with Gasteiger partial charge in [0.2, 0.25) is 0 Å². The summed E-state index contributed by atoms with van der Waals surface area (Å²) < 4.78 is 25.6. The van der Waals surface area contributed by atoms with Crippen LogP contribution in [0.3, 0.4) is 0 Å². The van der Waals surface area contributed by atoms with Crippen molar-refractivity contribution in [3.63, 3.8) is 0 Å². The Bertz CT molecular complexity index is 618. The summed E-state index contributed by atoms with van der Waals surface area (Å²) in [5.41, 5.74) is -1.47. The van der Waals surface area contributed by atoms with Crippen LogP contribution in [0.2, 0.25) is 0 Å². The normalized spacial score (nSPS) is 12.7. The number of aliphatic hydroxyl groups is 1. The minimum absolute atomic E-state index is 0.114. The molecule has 0 saturated carbocycles. The van der Waals surface area contributed by atoms with Gasteiger partial charge in [-0.2, -0.15) is 4.31 Å². The first-order valence-electron chi connectivity index (χ1n) is 6.20. The molecular weight excluding hydrogens is 318 g/mol. The molecule has 0 aliphatic heterocycles. The average Bonchev–Trinajstić information content (AvgIpc) is 2.72. The molecule has 0 saturated heterocycles. The molecule has 1 rings (SSSR count). The van der Waals surface area contributed by atoms with E-state index in [4.69, 9.17) is 0 Å². The fourth-order valence-corrected chi connectivity index (χ4v) is 4.63. The third kappa shape index (κ3) is 4.37. The van der Waals surface area contributed by atoms with Crippen LogP contribution in [0.4, 0.5) is 10.7 Å². The monoisotopic (exact) mass is 337 g/mol. The number of nitro groups is 1. The average molecular weight is 337 g/mol. The maximum absolute atomic E-state index is 12.4. The Balaban J connectivity index is 3.20. The van der Waals surface area contributed by atoms with Gasteiger partial charge in [0.15, 0.2) is 5.00 Å². The zero-order chi connectivity index (χ0) is 16.4. The largest absolute Gasteiger partial charge is 0.389 e. The van der Waals surface area contributed by atoms with Crippen LogP contribution < -0.4 is 5.32 Å². The minimum atomic E-state index is -3.88. The molecule has 10 heteroatoms. The third-order valence-electron chi connectivity index (χ3n) is 2.50. The Hall–Kier alpha value is -1.23. The van der Waals surface area contributed by atoms with Gasteiger partial charge in [-0.25, -0.2) is 8.42 Å². The molecule has 0 bridgehead atoms. The molecule has 0 aromatic carbocycles. The summed E-state index contributed by atoms with van der Waals surface area (Å²) in [6.45, 7) is 5.07. The van der Waals surface area contributed by atoms with Gasteiger partial charge in [0.05, 0.1) is 10.5 Å². The Morgan fingerprint density at radius 1 is 1.52 bits per heavy atom. The highest BCUT2D eigenvalue weighted by molar-refractivity contribution is 7.91. The van der Waals surface area contributed by atoms with E-state index in [0.29, 0.717) is 6.54 Å². The maximum Gasteiger partial charge on any atom is 0.304 e. The van der Waals surface area contributed by atoms with Crippen molar-refractivity contribution in [3.05, 3.63) is 16.2 Å². The predicted molar refractivity (Wildman–Crippen MR) is 81.3 cm³/mol. The summed E-state index contributed by atoms with van der Waals surface area (Å²) in [6.07, 6.45) is 0. The number of hydrogen-bond acceptors (Lipinski definition) is 7. The molecule has 21 heavy (non-hydrogen) atoms. The molecule has 0 spiro atoms. The first-order chi connectivity index (χ1) is 9.49. The Morgan fingerprint density at radius 2 is 2.10 bits per heavy atom. The van der Waals surface area contributed by atoms with Crippen molar-refractivity contribution in [1.82, 2.24) is 4.31 Å². The van der Waals surface area contributed by atoms with E-state index in [0.717, 1.165) is 21.7 Å². The van der Waals surface area contributed by atoms with Crippen molar-refractivity contribution in [2.75, 3.05) is 25.5 Å². The SMILES string of the molecule is CCNc1sc(S(=O)(=O)N(C)CC(C)(C)O)cc1[N+](=O)[O-]. The number of nitrogens with one attached hydrogen (secondary N) is 1. The summed E-state index contributed by atoms with van der Waals surface area (Å²) in [5.74, 6) is 0. The molecular formula is C11H19N3O5S2. The highest BCUT2D eigenvalue weighted by atomic mass is 32.2. The van der Waals surface area contributed by atoms with E-state index in [9.17, 15) is 23.6 Å². The van der Waals surface area contributed by atoms with E-state index in [1.807, 2.05) is 0 Å². The van der Waals surface area contributed by atoms with Crippen molar-refractivity contribution in [2.24, 2.45) is 0 Å². The molecule has 0 atom stereocenters. The lowest BCUT2D eigenvalue weighted by Crippen LogP contribution is -2.39. The molecule has 2 N–H and O–H groups in total. The van der Waals surface area contributed by atoms with Gasteiger partial charge in [-0.05, 0) is 20.8 Å². The molecule has 120 valence electrons. The molecule has 0 aliphatic rings. The fraction of sp³-hybridized carbons (Fsp3) is 0.636. The second-order valence-electron chi connectivity index (χ2n) is 5.14. The van der Waals surface area contributed by atoms with Crippen molar-refractivity contribution in [2.45, 2.75) is 30.6 Å². The van der Waals surface area contributed by atoms with Crippen LogP contribution in [0, 0.1) is 10.1 Å². The fourth-order valence-electron chi connectivity index (χ4n) is 1.69. The lowest BCUT2D eigenvalue weighted by Gasteiger charge is -2.24. The lowest BCUT2D eigenvalue weighted by atomic mass is 10.1. The van der Waals surface area contributed by atoms with Crippen LogP contribution in [-0.4, -0.2) is 48.5 Å². The number of thiophene rings is 1. The summed E-state index contributed by atoms with van der Waals surface area (Å²) >= 11 is 0.810. The first kappa shape index (κ1) is 17.8. The van der Waals surface area contributed by atoms with Gasteiger partial charge in [0.25, 0.3) is 10.0 Å².